The van der Waals surface area contributed by atoms with Crippen molar-refractivity contribution in [3.8, 4) is 0 Å². The predicted octanol–water partition coefficient (Wildman–Crippen LogP) is 0.475. The zero-order valence-corrected chi connectivity index (χ0v) is 9.37. The van der Waals surface area contributed by atoms with E-state index in [0.29, 0.717) is 0 Å². The first kappa shape index (κ1) is 11.6. The minimum atomic E-state index is -0.386. The summed E-state index contributed by atoms with van der Waals surface area (Å²) in [7, 11) is 1.50. The van der Waals surface area contributed by atoms with Crippen molar-refractivity contribution in [2.75, 3.05) is 7.05 Å². The van der Waals surface area contributed by atoms with Crippen LogP contribution in [0.2, 0.25) is 0 Å². The molecule has 0 aliphatic heterocycles. The van der Waals surface area contributed by atoms with Crippen molar-refractivity contribution >= 4 is 5.91 Å². The first-order chi connectivity index (χ1) is 6.86. The third-order valence-electron chi connectivity index (χ3n) is 2.07. The molecule has 0 saturated heterocycles. The molecule has 0 aromatic carbocycles. The minimum absolute atomic E-state index is 0.00667. The van der Waals surface area contributed by atoms with Crippen LogP contribution in [0.5, 0.6) is 0 Å². The van der Waals surface area contributed by atoms with Gasteiger partial charge in [0.2, 0.25) is 5.89 Å². The van der Waals surface area contributed by atoms with E-state index in [-0.39, 0.29) is 29.1 Å². The van der Waals surface area contributed by atoms with Crippen molar-refractivity contribution in [3.05, 3.63) is 11.7 Å². The Bertz CT molecular complexity index is 353. The second-order valence-electron chi connectivity index (χ2n) is 4.38. The monoisotopic (exact) mass is 212 g/mol. The van der Waals surface area contributed by atoms with E-state index in [1.54, 1.807) is 0 Å². The third-order valence-corrected chi connectivity index (χ3v) is 2.07. The van der Waals surface area contributed by atoms with Crippen LogP contribution >= 0.6 is 0 Å². The molecule has 0 bridgehead atoms. The molecule has 1 aromatic rings. The quantitative estimate of drug-likeness (QED) is 0.743. The number of nitrogens with one attached hydrogen (secondary N) is 1. The molecule has 6 nitrogen and oxygen atoms in total. The molecule has 0 fully saturated rings. The number of nitrogens with two attached hydrogens (primary N) is 1. The minimum Gasteiger partial charge on any atom is -0.352 e. The molecule has 0 saturated carbocycles. The smallest absolute Gasteiger partial charge is 0.292 e. The normalized spacial score (nSPS) is 13.7. The summed E-state index contributed by atoms with van der Waals surface area (Å²) < 4.78 is 4.93. The van der Waals surface area contributed by atoms with Crippen molar-refractivity contribution in [1.82, 2.24) is 15.5 Å². The molecule has 0 aliphatic rings. The van der Waals surface area contributed by atoms with Gasteiger partial charge in [0.25, 0.3) is 11.7 Å². The molecule has 1 amide bonds. The van der Waals surface area contributed by atoms with Gasteiger partial charge in [0.1, 0.15) is 0 Å². The van der Waals surface area contributed by atoms with Crippen LogP contribution in [0.3, 0.4) is 0 Å². The Morgan fingerprint density at radius 2 is 2.13 bits per heavy atom. The molecule has 84 valence electrons. The summed E-state index contributed by atoms with van der Waals surface area (Å²) in [5.41, 5.74) is 5.71. The van der Waals surface area contributed by atoms with Gasteiger partial charge < -0.3 is 15.6 Å². The summed E-state index contributed by atoms with van der Waals surface area (Å²) in [4.78, 5) is 15.1. The topological polar surface area (TPSA) is 94.0 Å². The van der Waals surface area contributed by atoms with Crippen LogP contribution < -0.4 is 11.1 Å². The van der Waals surface area contributed by atoms with Crippen LogP contribution in [-0.2, 0) is 0 Å². The van der Waals surface area contributed by atoms with Crippen LogP contribution in [-0.4, -0.2) is 23.1 Å². The molecule has 15 heavy (non-hydrogen) atoms. The maximum Gasteiger partial charge on any atom is 0.292 e. The number of hydrogen-bond donors (Lipinski definition) is 2. The Balaban J connectivity index is 2.89. The SMILES string of the molecule is CNC(=O)c1noc([C@H](N)C(C)(C)C)n1. The molecule has 0 aliphatic carbocycles. The number of aromatic nitrogens is 2. The Labute approximate surface area is 88.2 Å². The highest BCUT2D eigenvalue weighted by molar-refractivity contribution is 5.89. The molecule has 0 spiro atoms. The highest BCUT2D eigenvalue weighted by atomic mass is 16.5. The van der Waals surface area contributed by atoms with Crippen LogP contribution in [0.25, 0.3) is 0 Å². The maximum absolute atomic E-state index is 11.2. The number of rotatable bonds is 2. The van der Waals surface area contributed by atoms with E-state index in [0.717, 1.165) is 0 Å². The van der Waals surface area contributed by atoms with Crippen molar-refractivity contribution in [3.63, 3.8) is 0 Å². The van der Waals surface area contributed by atoms with Gasteiger partial charge in [-0.1, -0.05) is 25.9 Å². The van der Waals surface area contributed by atoms with Gasteiger partial charge in [-0.25, -0.2) is 0 Å². The first-order valence-corrected chi connectivity index (χ1v) is 4.67. The van der Waals surface area contributed by atoms with E-state index in [1.807, 2.05) is 20.8 Å². The fraction of sp³-hybridized carbons (Fsp3) is 0.667. The number of nitrogens with zero attached hydrogens (tertiary/aromatic N) is 2. The summed E-state index contributed by atoms with van der Waals surface area (Å²) in [5, 5.41) is 5.95. The average Bonchev–Trinajstić information content (AvgIpc) is 2.62. The van der Waals surface area contributed by atoms with Gasteiger partial charge in [0, 0.05) is 7.05 Å². The second kappa shape index (κ2) is 3.98. The van der Waals surface area contributed by atoms with Gasteiger partial charge in [-0.15, -0.1) is 0 Å². The lowest BCUT2D eigenvalue weighted by Crippen LogP contribution is -2.27. The highest BCUT2D eigenvalue weighted by Crippen LogP contribution is 2.28. The maximum atomic E-state index is 11.2. The van der Waals surface area contributed by atoms with Gasteiger partial charge >= 0.3 is 0 Å². The summed E-state index contributed by atoms with van der Waals surface area (Å²) >= 11 is 0. The molecule has 3 N–H and O–H groups in total. The molecular weight excluding hydrogens is 196 g/mol. The van der Waals surface area contributed by atoms with Gasteiger partial charge in [0.05, 0.1) is 6.04 Å². The summed E-state index contributed by atoms with van der Waals surface area (Å²) in [5.74, 6) is -0.0978. The predicted molar refractivity (Wildman–Crippen MR) is 54.1 cm³/mol. The standard InChI is InChI=1S/C9H16N4O2/c1-9(2,3)5(10)8-12-6(13-15-8)7(14)11-4/h5H,10H2,1-4H3,(H,11,14)/t5-/m0/s1. The molecule has 1 aromatic heterocycles. The number of hydrogen-bond acceptors (Lipinski definition) is 5. The largest absolute Gasteiger partial charge is 0.352 e. The van der Waals surface area contributed by atoms with E-state index in [4.69, 9.17) is 10.3 Å². The van der Waals surface area contributed by atoms with Gasteiger partial charge in [-0.3, -0.25) is 4.79 Å². The fourth-order valence-electron chi connectivity index (χ4n) is 0.936. The van der Waals surface area contributed by atoms with Crippen molar-refractivity contribution in [2.45, 2.75) is 26.8 Å². The number of carbonyl (C=O) groups is 1. The summed E-state index contributed by atoms with van der Waals surface area (Å²) in [6.45, 7) is 5.88. The Kier molecular flexibility index (Phi) is 3.09. The highest BCUT2D eigenvalue weighted by Gasteiger charge is 2.28. The van der Waals surface area contributed by atoms with Crippen LogP contribution in [0.1, 0.15) is 43.3 Å². The Morgan fingerprint density at radius 1 is 1.53 bits per heavy atom. The van der Waals surface area contributed by atoms with Crippen molar-refractivity contribution in [1.29, 1.82) is 0 Å². The van der Waals surface area contributed by atoms with Crippen LogP contribution in [0, 0.1) is 5.41 Å². The van der Waals surface area contributed by atoms with Crippen molar-refractivity contribution < 1.29 is 9.32 Å². The van der Waals surface area contributed by atoms with E-state index < -0.39 is 0 Å². The Morgan fingerprint density at radius 3 is 2.60 bits per heavy atom. The van der Waals surface area contributed by atoms with E-state index in [1.165, 1.54) is 7.05 Å². The third kappa shape index (κ3) is 2.53. The van der Waals surface area contributed by atoms with E-state index in [2.05, 4.69) is 15.5 Å². The first-order valence-electron chi connectivity index (χ1n) is 4.67. The molecule has 1 rings (SSSR count). The lowest BCUT2D eigenvalue weighted by molar-refractivity contribution is 0.0950. The fourth-order valence-corrected chi connectivity index (χ4v) is 0.936. The second-order valence-corrected chi connectivity index (χ2v) is 4.38. The van der Waals surface area contributed by atoms with E-state index in [9.17, 15) is 4.79 Å². The van der Waals surface area contributed by atoms with Gasteiger partial charge in [0.15, 0.2) is 0 Å². The van der Waals surface area contributed by atoms with E-state index >= 15 is 0 Å². The average molecular weight is 212 g/mol. The van der Waals surface area contributed by atoms with Gasteiger partial charge in [-0.2, -0.15) is 4.98 Å². The molecular formula is C9H16N4O2. The molecule has 0 unspecified atom stereocenters. The van der Waals surface area contributed by atoms with Gasteiger partial charge in [-0.05, 0) is 5.41 Å². The van der Waals surface area contributed by atoms with Crippen molar-refractivity contribution in [2.24, 2.45) is 11.1 Å². The lowest BCUT2D eigenvalue weighted by Gasteiger charge is -2.23. The molecule has 1 atom stereocenters. The molecule has 1 heterocycles. The Hall–Kier alpha value is -1.43. The number of amides is 1. The zero-order valence-electron chi connectivity index (χ0n) is 9.37. The lowest BCUT2D eigenvalue weighted by atomic mass is 9.87. The molecule has 0 radical (unpaired) electrons. The number of carbonyl (C=O) groups excluding carboxylic acids is 1. The zero-order chi connectivity index (χ0) is 11.6. The van der Waals surface area contributed by atoms with Crippen LogP contribution in [0.4, 0.5) is 0 Å². The summed E-state index contributed by atoms with van der Waals surface area (Å²) in [6.07, 6.45) is 0. The van der Waals surface area contributed by atoms with Crippen LogP contribution in [0.15, 0.2) is 4.52 Å². The molecule has 6 heteroatoms. The summed E-state index contributed by atoms with van der Waals surface area (Å²) in [6, 6.07) is -0.386.